The van der Waals surface area contributed by atoms with Gasteiger partial charge >= 0.3 is 0 Å². The van der Waals surface area contributed by atoms with Crippen molar-refractivity contribution in [2.75, 3.05) is 6.54 Å². The molecule has 110 valence electrons. The minimum atomic E-state index is -0.584. The Morgan fingerprint density at radius 1 is 1.43 bits per heavy atom. The normalized spacial score (nSPS) is 11.9. The minimum absolute atomic E-state index is 0.165. The molecule has 0 saturated carbocycles. The van der Waals surface area contributed by atoms with Gasteiger partial charge < -0.3 is 11.1 Å². The third-order valence-corrected chi connectivity index (χ3v) is 4.25. The van der Waals surface area contributed by atoms with Gasteiger partial charge in [-0.05, 0) is 12.5 Å². The molecule has 1 unspecified atom stereocenters. The van der Waals surface area contributed by atoms with Crippen LogP contribution in [0.25, 0.3) is 0 Å². The zero-order valence-electron chi connectivity index (χ0n) is 11.7. The van der Waals surface area contributed by atoms with E-state index in [1.807, 2.05) is 42.6 Å². The Morgan fingerprint density at radius 2 is 2.14 bits per heavy atom. The molecule has 1 aromatic heterocycles. The molecule has 1 heterocycles. The first-order chi connectivity index (χ1) is 10.1. The van der Waals surface area contributed by atoms with Crippen molar-refractivity contribution in [3.05, 3.63) is 52.0 Å². The van der Waals surface area contributed by atoms with Crippen LogP contribution in [0, 0.1) is 6.92 Å². The molecule has 21 heavy (non-hydrogen) atoms. The van der Waals surface area contributed by atoms with Crippen LogP contribution in [0.5, 0.6) is 0 Å². The average Bonchev–Trinajstić information content (AvgIpc) is 2.85. The summed E-state index contributed by atoms with van der Waals surface area (Å²) < 4.78 is 0. The topological polar surface area (TPSA) is 68.0 Å². The number of nitrogens with zero attached hydrogens (tertiary/aromatic N) is 1. The summed E-state index contributed by atoms with van der Waals surface area (Å²) in [5.74, 6) is -0.749. The van der Waals surface area contributed by atoms with Gasteiger partial charge in [-0.15, -0.1) is 11.3 Å². The number of benzene rings is 1. The van der Waals surface area contributed by atoms with Gasteiger partial charge in [0.15, 0.2) is 0 Å². The minimum Gasteiger partial charge on any atom is -0.392 e. The van der Waals surface area contributed by atoms with Gasteiger partial charge in [-0.3, -0.25) is 4.79 Å². The Hall–Kier alpha value is -1.79. The first kappa shape index (κ1) is 15.6. The molecule has 1 amide bonds. The van der Waals surface area contributed by atoms with Gasteiger partial charge in [0.2, 0.25) is 5.91 Å². The number of hydrogen-bond acceptors (Lipinski definition) is 4. The van der Waals surface area contributed by atoms with E-state index in [2.05, 4.69) is 10.3 Å². The van der Waals surface area contributed by atoms with Crippen LogP contribution in [-0.2, 0) is 11.2 Å². The molecular formula is C15H17N3OS2. The Bertz CT molecular complexity index is 625. The summed E-state index contributed by atoms with van der Waals surface area (Å²) in [5.41, 5.74) is 7.53. The SMILES string of the molecule is Cc1csc(CCNC(=O)C(C(N)=S)c2ccccc2)n1. The Labute approximate surface area is 133 Å². The molecule has 0 aliphatic heterocycles. The van der Waals surface area contributed by atoms with Crippen molar-refractivity contribution in [1.82, 2.24) is 10.3 Å². The summed E-state index contributed by atoms with van der Waals surface area (Å²) in [7, 11) is 0. The van der Waals surface area contributed by atoms with E-state index in [4.69, 9.17) is 18.0 Å². The van der Waals surface area contributed by atoms with Crippen LogP contribution in [0.2, 0.25) is 0 Å². The molecule has 0 radical (unpaired) electrons. The highest BCUT2D eigenvalue weighted by Gasteiger charge is 2.22. The predicted octanol–water partition coefficient (Wildman–Crippen LogP) is 2.18. The van der Waals surface area contributed by atoms with E-state index in [0.717, 1.165) is 16.3 Å². The van der Waals surface area contributed by atoms with E-state index < -0.39 is 5.92 Å². The van der Waals surface area contributed by atoms with Crippen molar-refractivity contribution in [3.63, 3.8) is 0 Å². The van der Waals surface area contributed by atoms with Crippen LogP contribution < -0.4 is 11.1 Å². The second-order valence-electron chi connectivity index (χ2n) is 4.67. The number of thiazole rings is 1. The fourth-order valence-electron chi connectivity index (χ4n) is 2.00. The van der Waals surface area contributed by atoms with Gasteiger partial charge in [0.05, 0.1) is 10.00 Å². The third kappa shape index (κ3) is 4.34. The zero-order chi connectivity index (χ0) is 15.2. The van der Waals surface area contributed by atoms with Crippen LogP contribution >= 0.6 is 23.6 Å². The number of carbonyl (C=O) groups excluding carboxylic acids is 1. The maximum Gasteiger partial charge on any atom is 0.234 e. The van der Waals surface area contributed by atoms with Crippen LogP contribution in [0.4, 0.5) is 0 Å². The van der Waals surface area contributed by atoms with Gasteiger partial charge in [-0.2, -0.15) is 0 Å². The monoisotopic (exact) mass is 319 g/mol. The van der Waals surface area contributed by atoms with Crippen LogP contribution in [0.15, 0.2) is 35.7 Å². The number of amides is 1. The summed E-state index contributed by atoms with van der Waals surface area (Å²) in [6.45, 7) is 2.48. The van der Waals surface area contributed by atoms with Crippen molar-refractivity contribution in [2.24, 2.45) is 5.73 Å². The fraction of sp³-hybridized carbons (Fsp3) is 0.267. The van der Waals surface area contributed by atoms with E-state index in [-0.39, 0.29) is 10.9 Å². The van der Waals surface area contributed by atoms with Crippen molar-refractivity contribution < 1.29 is 4.79 Å². The maximum atomic E-state index is 12.3. The summed E-state index contributed by atoms with van der Waals surface area (Å²) in [6.07, 6.45) is 0.711. The van der Waals surface area contributed by atoms with Crippen molar-refractivity contribution in [3.8, 4) is 0 Å². The lowest BCUT2D eigenvalue weighted by Gasteiger charge is -2.15. The number of carbonyl (C=O) groups is 1. The van der Waals surface area contributed by atoms with Gasteiger partial charge in [0.1, 0.15) is 5.92 Å². The molecule has 1 atom stereocenters. The smallest absolute Gasteiger partial charge is 0.234 e. The molecule has 0 fully saturated rings. The van der Waals surface area contributed by atoms with E-state index in [0.29, 0.717) is 13.0 Å². The second-order valence-corrected chi connectivity index (χ2v) is 6.08. The largest absolute Gasteiger partial charge is 0.392 e. The van der Waals surface area contributed by atoms with E-state index in [9.17, 15) is 4.79 Å². The number of hydrogen-bond donors (Lipinski definition) is 2. The zero-order valence-corrected chi connectivity index (χ0v) is 13.3. The maximum absolute atomic E-state index is 12.3. The highest BCUT2D eigenvalue weighted by molar-refractivity contribution is 7.80. The van der Waals surface area contributed by atoms with E-state index in [1.54, 1.807) is 11.3 Å². The van der Waals surface area contributed by atoms with Crippen LogP contribution in [0.1, 0.15) is 22.2 Å². The summed E-state index contributed by atoms with van der Waals surface area (Å²) in [6, 6.07) is 9.34. The molecule has 0 spiro atoms. The molecule has 2 aromatic rings. The quantitative estimate of drug-likeness (QED) is 0.801. The highest BCUT2D eigenvalue weighted by Crippen LogP contribution is 2.16. The van der Waals surface area contributed by atoms with Gasteiger partial charge in [-0.25, -0.2) is 4.98 Å². The number of aryl methyl sites for hydroxylation is 1. The Kier molecular flexibility index (Phi) is 5.41. The molecule has 3 N–H and O–H groups in total. The molecule has 4 nitrogen and oxygen atoms in total. The van der Waals surface area contributed by atoms with Gasteiger partial charge in [-0.1, -0.05) is 42.5 Å². The first-order valence-electron chi connectivity index (χ1n) is 6.61. The number of aromatic nitrogens is 1. The molecule has 6 heteroatoms. The van der Waals surface area contributed by atoms with E-state index in [1.165, 1.54) is 0 Å². The lowest BCUT2D eigenvalue weighted by Crippen LogP contribution is -2.37. The molecule has 0 aliphatic rings. The number of rotatable bonds is 6. The Morgan fingerprint density at radius 3 is 2.71 bits per heavy atom. The molecular weight excluding hydrogens is 302 g/mol. The van der Waals surface area contributed by atoms with Crippen molar-refractivity contribution in [2.45, 2.75) is 19.3 Å². The van der Waals surface area contributed by atoms with Crippen molar-refractivity contribution in [1.29, 1.82) is 0 Å². The van der Waals surface area contributed by atoms with Crippen LogP contribution in [0.3, 0.4) is 0 Å². The molecule has 0 bridgehead atoms. The Balaban J connectivity index is 1.95. The highest BCUT2D eigenvalue weighted by atomic mass is 32.1. The number of nitrogens with one attached hydrogen (secondary N) is 1. The summed E-state index contributed by atoms with van der Waals surface area (Å²) in [4.78, 5) is 16.8. The lowest BCUT2D eigenvalue weighted by atomic mass is 9.98. The van der Waals surface area contributed by atoms with Crippen molar-refractivity contribution >= 4 is 34.5 Å². The van der Waals surface area contributed by atoms with Gasteiger partial charge in [0.25, 0.3) is 0 Å². The van der Waals surface area contributed by atoms with Crippen LogP contribution in [-0.4, -0.2) is 22.4 Å². The molecule has 2 rings (SSSR count). The average molecular weight is 319 g/mol. The third-order valence-electron chi connectivity index (χ3n) is 2.98. The molecule has 0 saturated heterocycles. The standard InChI is InChI=1S/C15H17N3OS2/c1-10-9-21-12(18-10)7-8-17-15(19)13(14(16)20)11-5-3-2-4-6-11/h2-6,9,13H,7-8H2,1H3,(H2,16,20)(H,17,19). The number of thiocarbonyl (C=S) groups is 1. The fourth-order valence-corrected chi connectivity index (χ4v) is 3.02. The van der Waals surface area contributed by atoms with E-state index >= 15 is 0 Å². The second kappa shape index (κ2) is 7.28. The molecule has 0 aliphatic carbocycles. The summed E-state index contributed by atoms with van der Waals surface area (Å²) >= 11 is 6.63. The number of nitrogens with two attached hydrogens (primary N) is 1. The lowest BCUT2D eigenvalue weighted by molar-refractivity contribution is -0.121. The molecule has 1 aromatic carbocycles. The first-order valence-corrected chi connectivity index (χ1v) is 7.89. The summed E-state index contributed by atoms with van der Waals surface area (Å²) in [5, 5.41) is 5.89. The van der Waals surface area contributed by atoms with Gasteiger partial charge in [0, 0.05) is 24.0 Å². The predicted molar refractivity (Wildman–Crippen MR) is 89.5 cm³/mol.